The Hall–Kier alpha value is -2.60. The molecule has 0 radical (unpaired) electrons. The van der Waals surface area contributed by atoms with E-state index >= 15 is 0 Å². The number of aromatic carboxylic acids is 1. The van der Waals surface area contributed by atoms with E-state index in [-0.39, 0.29) is 16.0 Å². The van der Waals surface area contributed by atoms with E-state index in [4.69, 9.17) is 0 Å². The van der Waals surface area contributed by atoms with Crippen LogP contribution in [0.2, 0.25) is 0 Å². The molecule has 112 valence electrons. The highest BCUT2D eigenvalue weighted by atomic mass is 32.2. The van der Waals surface area contributed by atoms with E-state index in [2.05, 4.69) is 0 Å². The fourth-order valence-electron chi connectivity index (χ4n) is 2.36. The van der Waals surface area contributed by atoms with Gasteiger partial charge in [-0.05, 0) is 31.2 Å². The zero-order valence-electron chi connectivity index (χ0n) is 11.7. The summed E-state index contributed by atoms with van der Waals surface area (Å²) in [5.41, 5.74) is 1.08. The predicted molar refractivity (Wildman–Crippen MR) is 82.7 cm³/mol. The Morgan fingerprint density at radius 3 is 2.36 bits per heavy atom. The summed E-state index contributed by atoms with van der Waals surface area (Å²) in [5.74, 6) is -1.16. The zero-order chi connectivity index (χ0) is 15.9. The Morgan fingerprint density at radius 1 is 1.05 bits per heavy atom. The van der Waals surface area contributed by atoms with Crippen molar-refractivity contribution in [3.05, 3.63) is 65.9 Å². The Bertz CT molecular complexity index is 969. The molecule has 3 aromatic rings. The molecule has 0 bridgehead atoms. The van der Waals surface area contributed by atoms with Crippen LogP contribution < -0.4 is 0 Å². The number of hydrogen-bond acceptors (Lipinski definition) is 3. The number of aromatic nitrogens is 1. The molecule has 1 N–H and O–H groups in total. The third-order valence-corrected chi connectivity index (χ3v) is 5.18. The van der Waals surface area contributed by atoms with E-state index in [9.17, 15) is 18.3 Å². The molecule has 0 amide bonds. The van der Waals surface area contributed by atoms with E-state index in [1.807, 2.05) is 6.92 Å². The van der Waals surface area contributed by atoms with Gasteiger partial charge in [0, 0.05) is 11.6 Å². The van der Waals surface area contributed by atoms with Gasteiger partial charge in [-0.2, -0.15) is 0 Å². The number of benzene rings is 2. The topological polar surface area (TPSA) is 76.4 Å². The van der Waals surface area contributed by atoms with Crippen molar-refractivity contribution in [1.82, 2.24) is 3.97 Å². The van der Waals surface area contributed by atoms with Crippen LogP contribution in [-0.2, 0) is 10.0 Å². The molecule has 6 heteroatoms. The van der Waals surface area contributed by atoms with Crippen molar-refractivity contribution < 1.29 is 18.3 Å². The summed E-state index contributed by atoms with van der Waals surface area (Å²) in [6, 6.07) is 12.7. The molecule has 1 aromatic heterocycles. The van der Waals surface area contributed by atoms with Crippen LogP contribution in [0.1, 0.15) is 15.9 Å². The number of rotatable bonds is 3. The number of nitrogens with zero attached hydrogens (tertiary/aromatic N) is 1. The number of carboxylic acid groups (broad SMARTS) is 1. The van der Waals surface area contributed by atoms with E-state index in [1.54, 1.807) is 30.3 Å². The highest BCUT2D eigenvalue weighted by Gasteiger charge is 2.22. The summed E-state index contributed by atoms with van der Waals surface area (Å²) in [5, 5.41) is 9.86. The average Bonchev–Trinajstić information content (AvgIpc) is 2.92. The molecule has 0 saturated heterocycles. The monoisotopic (exact) mass is 315 g/mol. The van der Waals surface area contributed by atoms with Gasteiger partial charge < -0.3 is 5.11 Å². The fourth-order valence-corrected chi connectivity index (χ4v) is 3.73. The highest BCUT2D eigenvalue weighted by molar-refractivity contribution is 7.90. The highest BCUT2D eigenvalue weighted by Crippen LogP contribution is 2.25. The van der Waals surface area contributed by atoms with Gasteiger partial charge >= 0.3 is 5.97 Å². The summed E-state index contributed by atoms with van der Waals surface area (Å²) in [6.07, 6.45) is 1.38. The number of carboxylic acids is 1. The second-order valence-corrected chi connectivity index (χ2v) is 6.79. The Morgan fingerprint density at radius 2 is 1.73 bits per heavy atom. The van der Waals surface area contributed by atoms with Gasteiger partial charge in [-0.1, -0.05) is 29.8 Å². The summed E-state index contributed by atoms with van der Waals surface area (Å²) in [6.45, 7) is 1.87. The summed E-state index contributed by atoms with van der Waals surface area (Å²) >= 11 is 0. The molecule has 0 aliphatic carbocycles. The summed E-state index contributed by atoms with van der Waals surface area (Å²) in [4.78, 5) is 11.5. The molecule has 0 aliphatic rings. The van der Waals surface area contributed by atoms with Crippen molar-refractivity contribution in [2.75, 3.05) is 0 Å². The first-order chi connectivity index (χ1) is 10.4. The van der Waals surface area contributed by atoms with Gasteiger partial charge in [0.2, 0.25) is 0 Å². The first-order valence-electron chi connectivity index (χ1n) is 6.57. The molecule has 0 saturated carbocycles. The van der Waals surface area contributed by atoms with Crippen LogP contribution in [0.5, 0.6) is 0 Å². The van der Waals surface area contributed by atoms with Gasteiger partial charge in [0.1, 0.15) is 0 Å². The Balaban J connectivity index is 2.30. The quantitative estimate of drug-likeness (QED) is 0.806. The molecule has 0 unspecified atom stereocenters. The number of hydrogen-bond donors (Lipinski definition) is 1. The first-order valence-corrected chi connectivity index (χ1v) is 8.01. The minimum atomic E-state index is -3.84. The second-order valence-electron chi connectivity index (χ2n) is 4.98. The number of aryl methyl sites for hydroxylation is 1. The number of carbonyl (C=O) groups is 1. The van der Waals surface area contributed by atoms with Crippen molar-refractivity contribution in [2.45, 2.75) is 11.8 Å². The molecule has 0 atom stereocenters. The number of para-hydroxylation sites is 1. The van der Waals surface area contributed by atoms with E-state index in [0.29, 0.717) is 5.39 Å². The van der Waals surface area contributed by atoms with Gasteiger partial charge in [-0.25, -0.2) is 17.2 Å². The lowest BCUT2D eigenvalue weighted by Gasteiger charge is -2.09. The zero-order valence-corrected chi connectivity index (χ0v) is 12.5. The van der Waals surface area contributed by atoms with Crippen molar-refractivity contribution >= 4 is 26.9 Å². The van der Waals surface area contributed by atoms with Gasteiger partial charge in [0.25, 0.3) is 10.0 Å². The van der Waals surface area contributed by atoms with Crippen LogP contribution in [0.3, 0.4) is 0 Å². The maximum Gasteiger partial charge on any atom is 0.337 e. The van der Waals surface area contributed by atoms with Gasteiger partial charge in [-0.15, -0.1) is 0 Å². The molecular weight excluding hydrogens is 302 g/mol. The van der Waals surface area contributed by atoms with E-state index in [1.165, 1.54) is 24.4 Å². The maximum absolute atomic E-state index is 12.8. The van der Waals surface area contributed by atoms with Crippen LogP contribution in [0, 0.1) is 6.92 Å². The van der Waals surface area contributed by atoms with Crippen molar-refractivity contribution in [3.8, 4) is 0 Å². The lowest BCUT2D eigenvalue weighted by molar-refractivity contribution is 0.0699. The SMILES string of the molecule is Cc1ccc(S(=O)(=O)n2ccc3cccc(C(=O)O)c32)cc1. The van der Waals surface area contributed by atoms with Gasteiger partial charge in [0.15, 0.2) is 0 Å². The number of fused-ring (bicyclic) bond motifs is 1. The molecule has 0 fully saturated rings. The van der Waals surface area contributed by atoms with Crippen LogP contribution in [-0.4, -0.2) is 23.5 Å². The molecule has 5 nitrogen and oxygen atoms in total. The lowest BCUT2D eigenvalue weighted by atomic mass is 10.1. The Kier molecular flexibility index (Phi) is 3.26. The second kappa shape index (κ2) is 4.99. The lowest BCUT2D eigenvalue weighted by Crippen LogP contribution is -2.13. The molecular formula is C16H13NO4S. The van der Waals surface area contributed by atoms with Crippen LogP contribution in [0.4, 0.5) is 0 Å². The standard InChI is InChI=1S/C16H13NO4S/c1-11-5-7-13(8-6-11)22(20,21)17-10-9-12-3-2-4-14(15(12)17)16(18)19/h2-10H,1H3,(H,18,19). The molecule has 2 aromatic carbocycles. The van der Waals surface area contributed by atoms with E-state index < -0.39 is 16.0 Å². The molecule has 3 rings (SSSR count). The third kappa shape index (κ3) is 2.17. The predicted octanol–water partition coefficient (Wildman–Crippen LogP) is 2.88. The molecule has 1 heterocycles. The minimum absolute atomic E-state index is 0.0433. The van der Waals surface area contributed by atoms with Crippen molar-refractivity contribution in [1.29, 1.82) is 0 Å². The average molecular weight is 315 g/mol. The smallest absolute Gasteiger partial charge is 0.337 e. The van der Waals surface area contributed by atoms with Gasteiger partial charge in [-0.3, -0.25) is 0 Å². The molecule has 22 heavy (non-hydrogen) atoms. The van der Waals surface area contributed by atoms with E-state index in [0.717, 1.165) is 9.54 Å². The van der Waals surface area contributed by atoms with Crippen LogP contribution in [0.15, 0.2) is 59.6 Å². The molecule has 0 aliphatic heterocycles. The molecule has 0 spiro atoms. The minimum Gasteiger partial charge on any atom is -0.478 e. The maximum atomic E-state index is 12.8. The third-order valence-electron chi connectivity index (χ3n) is 3.49. The van der Waals surface area contributed by atoms with Crippen LogP contribution >= 0.6 is 0 Å². The fraction of sp³-hybridized carbons (Fsp3) is 0.0625. The van der Waals surface area contributed by atoms with Crippen molar-refractivity contribution in [3.63, 3.8) is 0 Å². The normalized spacial score (nSPS) is 11.7. The van der Waals surface area contributed by atoms with Crippen molar-refractivity contribution in [2.24, 2.45) is 0 Å². The summed E-state index contributed by atoms with van der Waals surface area (Å²) in [7, 11) is -3.84. The van der Waals surface area contributed by atoms with Gasteiger partial charge in [0.05, 0.1) is 16.0 Å². The van der Waals surface area contributed by atoms with Crippen LogP contribution in [0.25, 0.3) is 10.9 Å². The first kappa shape index (κ1) is 14.3. The Labute approximate surface area is 127 Å². The summed E-state index contributed by atoms with van der Waals surface area (Å²) < 4.78 is 26.6. The largest absolute Gasteiger partial charge is 0.478 e.